The third kappa shape index (κ3) is 3.25. The van der Waals surface area contributed by atoms with Crippen molar-refractivity contribution in [2.24, 2.45) is 0 Å². The molecule has 0 aliphatic carbocycles. The standard InChI is InChI=1S/C14H17F2N5/c15-14(16)21-7-3-12(19-21)10-20-8-6-18-9-13(20)11-1-4-17-5-2-11/h1-5,7,13-14,18H,6,8-10H2. The summed E-state index contributed by atoms with van der Waals surface area (Å²) >= 11 is 0. The Morgan fingerprint density at radius 1 is 1.29 bits per heavy atom. The molecular weight excluding hydrogens is 276 g/mol. The number of hydrogen-bond donors (Lipinski definition) is 1. The molecule has 1 atom stereocenters. The van der Waals surface area contributed by atoms with Gasteiger partial charge in [0.05, 0.1) is 5.69 Å². The molecule has 2 aromatic heterocycles. The van der Waals surface area contributed by atoms with E-state index in [4.69, 9.17) is 0 Å². The van der Waals surface area contributed by atoms with Gasteiger partial charge >= 0.3 is 6.55 Å². The smallest absolute Gasteiger partial charge is 0.314 e. The van der Waals surface area contributed by atoms with Crippen molar-refractivity contribution in [3.8, 4) is 0 Å². The molecule has 0 aromatic carbocycles. The third-order valence-corrected chi connectivity index (χ3v) is 3.67. The second kappa shape index (κ2) is 6.28. The van der Waals surface area contributed by atoms with Gasteiger partial charge in [0, 0.05) is 50.8 Å². The molecule has 0 saturated carbocycles. The predicted molar refractivity (Wildman–Crippen MR) is 73.7 cm³/mol. The van der Waals surface area contributed by atoms with Crippen LogP contribution in [0.25, 0.3) is 0 Å². The van der Waals surface area contributed by atoms with Crippen molar-refractivity contribution in [1.29, 1.82) is 0 Å². The molecule has 5 nitrogen and oxygen atoms in total. The second-order valence-electron chi connectivity index (χ2n) is 5.04. The number of nitrogens with one attached hydrogen (secondary N) is 1. The van der Waals surface area contributed by atoms with Gasteiger partial charge in [-0.15, -0.1) is 0 Å². The van der Waals surface area contributed by atoms with E-state index in [1.165, 1.54) is 11.8 Å². The van der Waals surface area contributed by atoms with E-state index in [1.807, 2.05) is 12.1 Å². The normalized spacial score (nSPS) is 20.0. The number of halogens is 2. The number of alkyl halides is 2. The van der Waals surface area contributed by atoms with E-state index in [2.05, 4.69) is 20.3 Å². The van der Waals surface area contributed by atoms with E-state index in [0.717, 1.165) is 19.6 Å². The molecule has 1 aliphatic heterocycles. The van der Waals surface area contributed by atoms with Crippen molar-refractivity contribution in [3.63, 3.8) is 0 Å². The Hall–Kier alpha value is -1.86. The van der Waals surface area contributed by atoms with Crippen LogP contribution in [0, 0.1) is 0 Å². The van der Waals surface area contributed by atoms with E-state index in [0.29, 0.717) is 16.9 Å². The van der Waals surface area contributed by atoms with E-state index in [9.17, 15) is 8.78 Å². The molecule has 1 aliphatic rings. The fourth-order valence-electron chi connectivity index (χ4n) is 2.63. The van der Waals surface area contributed by atoms with Gasteiger partial charge < -0.3 is 5.32 Å². The van der Waals surface area contributed by atoms with E-state index < -0.39 is 6.55 Å². The fourth-order valence-corrected chi connectivity index (χ4v) is 2.63. The minimum absolute atomic E-state index is 0.207. The number of hydrogen-bond acceptors (Lipinski definition) is 4. The molecule has 1 N–H and O–H groups in total. The van der Waals surface area contributed by atoms with Crippen LogP contribution in [0.15, 0.2) is 36.8 Å². The first kappa shape index (κ1) is 14.1. The molecule has 21 heavy (non-hydrogen) atoms. The van der Waals surface area contributed by atoms with Crippen LogP contribution in [0.4, 0.5) is 8.78 Å². The summed E-state index contributed by atoms with van der Waals surface area (Å²) < 4.78 is 25.8. The van der Waals surface area contributed by atoms with Crippen molar-refractivity contribution in [2.75, 3.05) is 19.6 Å². The van der Waals surface area contributed by atoms with E-state index in [1.54, 1.807) is 18.5 Å². The molecule has 2 aromatic rings. The molecule has 0 radical (unpaired) electrons. The number of pyridine rings is 1. The van der Waals surface area contributed by atoms with Crippen molar-refractivity contribution in [2.45, 2.75) is 19.1 Å². The van der Waals surface area contributed by atoms with Crippen molar-refractivity contribution in [1.82, 2.24) is 25.0 Å². The SMILES string of the molecule is FC(F)n1ccc(CN2CCNCC2c2ccncc2)n1. The third-order valence-electron chi connectivity index (χ3n) is 3.67. The van der Waals surface area contributed by atoms with Crippen LogP contribution in [-0.4, -0.2) is 39.3 Å². The summed E-state index contributed by atoms with van der Waals surface area (Å²) in [7, 11) is 0. The van der Waals surface area contributed by atoms with Crippen molar-refractivity contribution in [3.05, 3.63) is 48.0 Å². The number of aromatic nitrogens is 3. The first-order valence-corrected chi connectivity index (χ1v) is 6.91. The molecule has 0 spiro atoms. The summed E-state index contributed by atoms with van der Waals surface area (Å²) in [4.78, 5) is 6.29. The lowest BCUT2D eigenvalue weighted by Crippen LogP contribution is -2.45. The lowest BCUT2D eigenvalue weighted by molar-refractivity contribution is 0.0554. The van der Waals surface area contributed by atoms with Crippen LogP contribution in [-0.2, 0) is 6.54 Å². The van der Waals surface area contributed by atoms with Gasteiger partial charge in [0.2, 0.25) is 0 Å². The van der Waals surface area contributed by atoms with Gasteiger partial charge in [-0.1, -0.05) is 0 Å². The Labute approximate surface area is 121 Å². The lowest BCUT2D eigenvalue weighted by atomic mass is 10.0. The summed E-state index contributed by atoms with van der Waals surface area (Å²) in [5.74, 6) is 0. The summed E-state index contributed by atoms with van der Waals surface area (Å²) in [6.45, 7) is 0.553. The highest BCUT2D eigenvalue weighted by molar-refractivity contribution is 5.17. The molecule has 112 valence electrons. The monoisotopic (exact) mass is 293 g/mol. The van der Waals surface area contributed by atoms with Gasteiger partial charge in [0.25, 0.3) is 0 Å². The first-order chi connectivity index (χ1) is 10.2. The molecule has 0 bridgehead atoms. The Morgan fingerprint density at radius 3 is 2.81 bits per heavy atom. The number of nitrogens with zero attached hydrogens (tertiary/aromatic N) is 4. The number of piperazine rings is 1. The van der Waals surface area contributed by atoms with Crippen LogP contribution in [0.5, 0.6) is 0 Å². The zero-order chi connectivity index (χ0) is 14.7. The first-order valence-electron chi connectivity index (χ1n) is 6.91. The maximum Gasteiger partial charge on any atom is 0.333 e. The van der Waals surface area contributed by atoms with Crippen LogP contribution >= 0.6 is 0 Å². The Morgan fingerprint density at radius 2 is 2.10 bits per heavy atom. The summed E-state index contributed by atoms with van der Waals surface area (Å²) in [6.07, 6.45) is 4.87. The lowest BCUT2D eigenvalue weighted by Gasteiger charge is -2.36. The average molecular weight is 293 g/mol. The molecule has 3 heterocycles. The Bertz CT molecular complexity index is 572. The minimum Gasteiger partial charge on any atom is -0.314 e. The van der Waals surface area contributed by atoms with Crippen LogP contribution in [0.1, 0.15) is 23.8 Å². The highest BCUT2D eigenvalue weighted by Gasteiger charge is 2.24. The summed E-state index contributed by atoms with van der Waals surface area (Å²) in [5, 5.41) is 7.29. The zero-order valence-corrected chi connectivity index (χ0v) is 11.5. The minimum atomic E-state index is -2.59. The van der Waals surface area contributed by atoms with Crippen LogP contribution in [0.2, 0.25) is 0 Å². The van der Waals surface area contributed by atoms with Crippen molar-refractivity contribution >= 4 is 0 Å². The molecule has 1 fully saturated rings. The quantitative estimate of drug-likeness (QED) is 0.934. The van der Waals surface area contributed by atoms with Gasteiger partial charge in [-0.3, -0.25) is 9.88 Å². The molecule has 7 heteroatoms. The Kier molecular flexibility index (Phi) is 4.21. The van der Waals surface area contributed by atoms with Crippen LogP contribution in [0.3, 0.4) is 0 Å². The molecular formula is C14H17F2N5. The summed E-state index contributed by atoms with van der Waals surface area (Å²) in [6, 6.07) is 5.83. The van der Waals surface area contributed by atoms with Gasteiger partial charge in [-0.05, 0) is 23.8 Å². The molecule has 1 saturated heterocycles. The maximum absolute atomic E-state index is 12.6. The summed E-state index contributed by atoms with van der Waals surface area (Å²) in [5.41, 5.74) is 1.83. The zero-order valence-electron chi connectivity index (χ0n) is 11.5. The van der Waals surface area contributed by atoms with Gasteiger partial charge in [-0.2, -0.15) is 13.9 Å². The molecule has 1 unspecified atom stereocenters. The predicted octanol–water partition coefficient (Wildman–Crippen LogP) is 1.82. The maximum atomic E-state index is 12.6. The van der Waals surface area contributed by atoms with Gasteiger partial charge in [-0.25, -0.2) is 4.68 Å². The van der Waals surface area contributed by atoms with E-state index >= 15 is 0 Å². The van der Waals surface area contributed by atoms with Crippen LogP contribution < -0.4 is 5.32 Å². The Balaban J connectivity index is 1.75. The highest BCUT2D eigenvalue weighted by Crippen LogP contribution is 2.23. The number of rotatable bonds is 4. The highest BCUT2D eigenvalue weighted by atomic mass is 19.3. The topological polar surface area (TPSA) is 46.0 Å². The second-order valence-corrected chi connectivity index (χ2v) is 5.04. The average Bonchev–Trinajstić information content (AvgIpc) is 2.98. The molecule has 0 amide bonds. The van der Waals surface area contributed by atoms with Crippen molar-refractivity contribution < 1.29 is 8.78 Å². The molecule has 3 rings (SSSR count). The van der Waals surface area contributed by atoms with E-state index in [-0.39, 0.29) is 6.04 Å². The largest absolute Gasteiger partial charge is 0.333 e. The van der Waals surface area contributed by atoms with Gasteiger partial charge in [0.1, 0.15) is 0 Å². The fraction of sp³-hybridized carbons (Fsp3) is 0.429. The van der Waals surface area contributed by atoms with Gasteiger partial charge in [0.15, 0.2) is 0 Å².